The van der Waals surface area contributed by atoms with Crippen molar-refractivity contribution in [1.29, 1.82) is 0 Å². The van der Waals surface area contributed by atoms with Gasteiger partial charge in [-0.15, -0.1) is 11.3 Å². The number of aromatic nitrogens is 2. The molecule has 2 aromatic carbocycles. The monoisotopic (exact) mass is 488 g/mol. The standard InChI is InChI=1S/C28H32N4O2S/c1-19(22-6-3-5-21(15-22)18-32-8-10-34-11-9-32)13-26-24-17-25(20(2)14-27(24)31-30-26)29-28(33)16-23-7-4-12-35-23/h3-7,12,14-15,17,19H,8-11,13,16,18H2,1-2H3,(H,29,33)(H,30,31). The van der Waals surface area contributed by atoms with E-state index in [4.69, 9.17) is 4.74 Å². The number of carbonyl (C=O) groups is 1. The average molecular weight is 489 g/mol. The number of rotatable bonds is 8. The second-order valence-electron chi connectivity index (χ2n) is 9.43. The maximum Gasteiger partial charge on any atom is 0.229 e. The molecule has 2 N–H and O–H groups in total. The highest BCUT2D eigenvalue weighted by Crippen LogP contribution is 2.29. The summed E-state index contributed by atoms with van der Waals surface area (Å²) in [7, 11) is 0. The van der Waals surface area contributed by atoms with Gasteiger partial charge in [0, 0.05) is 41.3 Å². The number of nitrogens with one attached hydrogen (secondary N) is 2. The zero-order valence-corrected chi connectivity index (χ0v) is 21.2. The summed E-state index contributed by atoms with van der Waals surface area (Å²) in [6.07, 6.45) is 1.24. The topological polar surface area (TPSA) is 70.2 Å². The summed E-state index contributed by atoms with van der Waals surface area (Å²) in [5, 5.41) is 14.0. The van der Waals surface area contributed by atoms with Gasteiger partial charge in [0.2, 0.25) is 5.91 Å². The van der Waals surface area contributed by atoms with E-state index in [9.17, 15) is 4.79 Å². The number of H-pyrrole nitrogens is 1. The molecule has 6 nitrogen and oxygen atoms in total. The molecular formula is C28H32N4O2S. The van der Waals surface area contributed by atoms with Crippen LogP contribution in [0.5, 0.6) is 0 Å². The number of nitrogens with zero attached hydrogens (tertiary/aromatic N) is 2. The number of hydrogen-bond acceptors (Lipinski definition) is 5. The zero-order valence-electron chi connectivity index (χ0n) is 20.3. The molecule has 0 saturated carbocycles. The van der Waals surface area contributed by atoms with E-state index in [1.165, 1.54) is 11.1 Å². The molecule has 7 heteroatoms. The van der Waals surface area contributed by atoms with Crippen LogP contribution < -0.4 is 5.32 Å². The van der Waals surface area contributed by atoms with Gasteiger partial charge in [0.05, 0.1) is 25.2 Å². The van der Waals surface area contributed by atoms with Crippen molar-refractivity contribution in [1.82, 2.24) is 15.1 Å². The van der Waals surface area contributed by atoms with Gasteiger partial charge in [-0.3, -0.25) is 14.8 Å². The van der Waals surface area contributed by atoms with Crippen LogP contribution in [-0.4, -0.2) is 47.3 Å². The first-order valence-electron chi connectivity index (χ1n) is 12.2. The van der Waals surface area contributed by atoms with Crippen LogP contribution in [0.4, 0.5) is 5.69 Å². The number of thiophene rings is 1. The maximum absolute atomic E-state index is 12.6. The van der Waals surface area contributed by atoms with Crippen LogP contribution in [-0.2, 0) is 28.9 Å². The number of anilines is 1. The Hall–Kier alpha value is -3.00. The summed E-state index contributed by atoms with van der Waals surface area (Å²) in [5.74, 6) is 0.340. The SMILES string of the molecule is Cc1cc2n[nH]c(CC(C)c3cccc(CN4CCOCC4)c3)c2cc1NC(=O)Cc1cccs1. The third kappa shape index (κ3) is 5.81. The van der Waals surface area contributed by atoms with Crippen LogP contribution in [0.1, 0.15) is 40.1 Å². The van der Waals surface area contributed by atoms with E-state index in [1.807, 2.05) is 30.5 Å². The Kier molecular flexibility index (Phi) is 7.27. The predicted octanol–water partition coefficient (Wildman–Crippen LogP) is 5.29. The molecule has 1 saturated heterocycles. The third-order valence-corrected chi connectivity index (χ3v) is 7.58. The molecule has 0 bridgehead atoms. The summed E-state index contributed by atoms with van der Waals surface area (Å²) >= 11 is 1.60. The summed E-state index contributed by atoms with van der Waals surface area (Å²) in [5.41, 5.74) is 6.56. The van der Waals surface area contributed by atoms with Crippen molar-refractivity contribution < 1.29 is 9.53 Å². The number of amides is 1. The molecule has 1 amide bonds. The number of fused-ring (bicyclic) bond motifs is 1. The van der Waals surface area contributed by atoms with Gasteiger partial charge in [-0.1, -0.05) is 37.3 Å². The number of aromatic amines is 1. The minimum atomic E-state index is 0.00500. The van der Waals surface area contributed by atoms with Crippen LogP contribution in [0, 0.1) is 6.92 Å². The molecule has 1 unspecified atom stereocenters. The van der Waals surface area contributed by atoms with Crippen molar-refractivity contribution in [3.05, 3.63) is 81.2 Å². The van der Waals surface area contributed by atoms with Crippen LogP contribution in [0.3, 0.4) is 0 Å². The fourth-order valence-corrected chi connectivity index (χ4v) is 5.41. The summed E-state index contributed by atoms with van der Waals surface area (Å²) in [6, 6.07) is 17.0. The van der Waals surface area contributed by atoms with Gasteiger partial charge in [-0.2, -0.15) is 5.10 Å². The largest absolute Gasteiger partial charge is 0.379 e. The molecule has 1 aliphatic rings. The Morgan fingerprint density at radius 2 is 2.06 bits per heavy atom. The minimum Gasteiger partial charge on any atom is -0.379 e. The minimum absolute atomic E-state index is 0.00500. The van der Waals surface area contributed by atoms with Crippen molar-refractivity contribution in [2.45, 2.75) is 39.2 Å². The molecule has 1 atom stereocenters. The number of ether oxygens (including phenoxy) is 1. The Balaban J connectivity index is 1.30. The van der Waals surface area contributed by atoms with Crippen LogP contribution >= 0.6 is 11.3 Å². The first-order valence-corrected chi connectivity index (χ1v) is 13.1. The second-order valence-corrected chi connectivity index (χ2v) is 10.5. The number of morpholine rings is 1. The lowest BCUT2D eigenvalue weighted by Gasteiger charge is -2.26. The molecule has 1 aliphatic heterocycles. The first-order chi connectivity index (χ1) is 17.0. The molecule has 2 aromatic heterocycles. The van der Waals surface area contributed by atoms with Gasteiger partial charge in [0.25, 0.3) is 0 Å². The molecule has 0 spiro atoms. The second kappa shape index (κ2) is 10.7. The number of benzene rings is 2. The van der Waals surface area contributed by atoms with Crippen LogP contribution in [0.25, 0.3) is 10.9 Å². The van der Waals surface area contributed by atoms with E-state index < -0.39 is 0 Å². The highest BCUT2D eigenvalue weighted by molar-refractivity contribution is 7.10. The summed E-state index contributed by atoms with van der Waals surface area (Å²) in [6.45, 7) is 8.86. The van der Waals surface area contributed by atoms with Crippen LogP contribution in [0.2, 0.25) is 0 Å². The van der Waals surface area contributed by atoms with Crippen LogP contribution in [0.15, 0.2) is 53.9 Å². The fraction of sp³-hybridized carbons (Fsp3) is 0.357. The Bertz CT molecular complexity index is 1290. The van der Waals surface area contributed by atoms with E-state index in [1.54, 1.807) is 11.3 Å². The van der Waals surface area contributed by atoms with Crippen molar-refractivity contribution in [3.8, 4) is 0 Å². The number of hydrogen-bond donors (Lipinski definition) is 2. The quantitative estimate of drug-likeness (QED) is 0.353. The van der Waals surface area contributed by atoms with Crippen molar-refractivity contribution in [3.63, 3.8) is 0 Å². The first kappa shape index (κ1) is 23.7. The van der Waals surface area contributed by atoms with Gasteiger partial charge in [0.1, 0.15) is 0 Å². The lowest BCUT2D eigenvalue weighted by atomic mass is 9.93. The molecular weight excluding hydrogens is 456 g/mol. The van der Waals surface area contributed by atoms with E-state index in [0.717, 1.165) is 72.0 Å². The fourth-order valence-electron chi connectivity index (χ4n) is 4.71. The third-order valence-electron chi connectivity index (χ3n) is 6.71. The van der Waals surface area contributed by atoms with Crippen molar-refractivity contribution >= 4 is 33.8 Å². The molecule has 4 aromatic rings. The van der Waals surface area contributed by atoms with Gasteiger partial charge in [0.15, 0.2) is 0 Å². The molecule has 3 heterocycles. The van der Waals surface area contributed by atoms with E-state index in [2.05, 4.69) is 57.7 Å². The Labute approximate surface area is 210 Å². The van der Waals surface area contributed by atoms with E-state index >= 15 is 0 Å². The maximum atomic E-state index is 12.6. The lowest BCUT2D eigenvalue weighted by Crippen LogP contribution is -2.35. The molecule has 0 radical (unpaired) electrons. The van der Waals surface area contributed by atoms with Crippen molar-refractivity contribution in [2.24, 2.45) is 0 Å². The summed E-state index contributed by atoms with van der Waals surface area (Å²) in [4.78, 5) is 16.1. The summed E-state index contributed by atoms with van der Waals surface area (Å²) < 4.78 is 5.48. The Morgan fingerprint density at radius 3 is 2.86 bits per heavy atom. The molecule has 1 fully saturated rings. The van der Waals surface area contributed by atoms with E-state index in [-0.39, 0.29) is 5.91 Å². The highest BCUT2D eigenvalue weighted by atomic mass is 32.1. The molecule has 0 aliphatic carbocycles. The van der Waals surface area contributed by atoms with Gasteiger partial charge in [-0.05, 0) is 59.5 Å². The van der Waals surface area contributed by atoms with Gasteiger partial charge >= 0.3 is 0 Å². The molecule has 35 heavy (non-hydrogen) atoms. The van der Waals surface area contributed by atoms with E-state index in [0.29, 0.717) is 12.3 Å². The number of carbonyl (C=O) groups excluding carboxylic acids is 1. The average Bonchev–Trinajstić information content (AvgIpc) is 3.50. The smallest absolute Gasteiger partial charge is 0.229 e. The lowest BCUT2D eigenvalue weighted by molar-refractivity contribution is -0.115. The molecule has 182 valence electrons. The van der Waals surface area contributed by atoms with Gasteiger partial charge in [-0.25, -0.2) is 0 Å². The molecule has 5 rings (SSSR count). The Morgan fingerprint density at radius 1 is 1.20 bits per heavy atom. The van der Waals surface area contributed by atoms with Gasteiger partial charge < -0.3 is 10.1 Å². The zero-order chi connectivity index (χ0) is 24.2. The van der Waals surface area contributed by atoms with Crippen molar-refractivity contribution in [2.75, 3.05) is 31.6 Å². The predicted molar refractivity (Wildman–Crippen MR) is 142 cm³/mol. The normalized spacial score (nSPS) is 15.4. The highest BCUT2D eigenvalue weighted by Gasteiger charge is 2.16. The number of aryl methyl sites for hydroxylation is 1.